The lowest BCUT2D eigenvalue weighted by molar-refractivity contribution is -0.118. The number of halogens is 1. The van der Waals surface area contributed by atoms with Gasteiger partial charge in [0.25, 0.3) is 0 Å². The minimum Gasteiger partial charge on any atom is -0.384 e. The van der Waals surface area contributed by atoms with Crippen LogP contribution in [0.15, 0.2) is 81.7 Å². The Morgan fingerprint density at radius 2 is 1.76 bits per heavy atom. The predicted octanol–water partition coefficient (Wildman–Crippen LogP) is 5.39. The third kappa shape index (κ3) is 3.38. The van der Waals surface area contributed by atoms with Crippen LogP contribution in [0.2, 0.25) is 0 Å². The molecular weight excluding hydrogens is 426 g/mol. The summed E-state index contributed by atoms with van der Waals surface area (Å²) >= 11 is 3.46. The number of rotatable bonds is 2. The average molecular weight is 448 g/mol. The van der Waals surface area contributed by atoms with Crippen molar-refractivity contribution >= 4 is 27.4 Å². The monoisotopic (exact) mass is 447 g/mol. The quantitative estimate of drug-likeness (QED) is 0.669. The van der Waals surface area contributed by atoms with Crippen molar-refractivity contribution < 1.29 is 4.79 Å². The number of nitrogens with zero attached hydrogens (tertiary/aromatic N) is 2. The molecule has 0 saturated heterocycles. The van der Waals surface area contributed by atoms with Crippen LogP contribution in [0.5, 0.6) is 0 Å². The number of nitriles is 1. The summed E-state index contributed by atoms with van der Waals surface area (Å²) in [4.78, 5) is 15.3. The first-order valence-electron chi connectivity index (χ1n) is 9.59. The minimum absolute atomic E-state index is 0.0883. The molecule has 146 valence electrons. The Morgan fingerprint density at radius 3 is 2.38 bits per heavy atom. The molecule has 0 amide bonds. The molecule has 0 saturated carbocycles. The molecule has 0 spiro atoms. The van der Waals surface area contributed by atoms with E-state index in [-0.39, 0.29) is 11.2 Å². The van der Waals surface area contributed by atoms with E-state index in [1.807, 2.05) is 59.5 Å². The molecule has 0 bridgehead atoms. The third-order valence-corrected chi connectivity index (χ3v) is 6.13. The van der Waals surface area contributed by atoms with Gasteiger partial charge in [0.1, 0.15) is 5.82 Å². The molecule has 4 rings (SSSR count). The van der Waals surface area contributed by atoms with E-state index in [9.17, 15) is 10.1 Å². The molecule has 5 heteroatoms. The minimum atomic E-state index is -0.438. The number of Topliss-reactive ketones (excluding diaryl/α,β-unsaturated/α-hetero) is 1. The number of benzene rings is 2. The summed E-state index contributed by atoms with van der Waals surface area (Å²) in [6.45, 7) is 4.21. The van der Waals surface area contributed by atoms with Gasteiger partial charge in [-0.05, 0) is 41.7 Å². The fraction of sp³-hybridized carbons (Fsp3) is 0.250. The Hall–Kier alpha value is -2.84. The highest BCUT2D eigenvalue weighted by atomic mass is 79.9. The Kier molecular flexibility index (Phi) is 4.84. The molecule has 2 aliphatic rings. The summed E-state index contributed by atoms with van der Waals surface area (Å²) in [5.41, 5.74) is 10.2. The van der Waals surface area contributed by atoms with E-state index in [1.54, 1.807) is 0 Å². The van der Waals surface area contributed by atoms with E-state index >= 15 is 0 Å². The van der Waals surface area contributed by atoms with Gasteiger partial charge in [0.2, 0.25) is 0 Å². The van der Waals surface area contributed by atoms with Crippen molar-refractivity contribution in [2.75, 3.05) is 4.90 Å². The van der Waals surface area contributed by atoms with Crippen LogP contribution < -0.4 is 10.6 Å². The summed E-state index contributed by atoms with van der Waals surface area (Å²) in [5, 5.41) is 10.0. The molecule has 1 aliphatic carbocycles. The number of carbonyl (C=O) groups excluding carboxylic acids is 1. The molecule has 0 fully saturated rings. The molecule has 2 aromatic carbocycles. The number of hydrogen-bond donors (Lipinski definition) is 1. The van der Waals surface area contributed by atoms with Crippen molar-refractivity contribution in [3.8, 4) is 6.07 Å². The topological polar surface area (TPSA) is 70.1 Å². The van der Waals surface area contributed by atoms with Crippen molar-refractivity contribution in [3.63, 3.8) is 0 Å². The van der Waals surface area contributed by atoms with Gasteiger partial charge in [0.15, 0.2) is 5.78 Å². The van der Waals surface area contributed by atoms with Crippen molar-refractivity contribution in [1.82, 2.24) is 0 Å². The van der Waals surface area contributed by atoms with E-state index in [1.165, 1.54) is 0 Å². The Balaban J connectivity index is 1.99. The number of hydrogen-bond acceptors (Lipinski definition) is 4. The van der Waals surface area contributed by atoms with Crippen molar-refractivity contribution in [2.45, 2.75) is 32.6 Å². The van der Waals surface area contributed by atoms with E-state index in [0.717, 1.165) is 27.8 Å². The van der Waals surface area contributed by atoms with Gasteiger partial charge in [-0.1, -0.05) is 60.1 Å². The molecule has 0 unspecified atom stereocenters. The summed E-state index contributed by atoms with van der Waals surface area (Å²) in [6.07, 6.45) is 1.18. The van der Waals surface area contributed by atoms with Gasteiger partial charge in [-0.3, -0.25) is 9.69 Å². The lowest BCUT2D eigenvalue weighted by Gasteiger charge is -2.43. The molecule has 29 heavy (non-hydrogen) atoms. The number of para-hydroxylation sites is 1. The number of carbonyl (C=O) groups is 1. The maximum atomic E-state index is 13.4. The zero-order chi connectivity index (χ0) is 20.8. The maximum Gasteiger partial charge on any atom is 0.162 e. The smallest absolute Gasteiger partial charge is 0.162 e. The van der Waals surface area contributed by atoms with Crippen LogP contribution in [0.25, 0.3) is 0 Å². The lowest BCUT2D eigenvalue weighted by Crippen LogP contribution is -2.42. The van der Waals surface area contributed by atoms with Crippen LogP contribution >= 0.6 is 15.9 Å². The van der Waals surface area contributed by atoms with E-state index in [2.05, 4.69) is 35.8 Å². The molecule has 4 nitrogen and oxygen atoms in total. The molecular formula is C24H22BrN3O. The Morgan fingerprint density at radius 1 is 1.10 bits per heavy atom. The van der Waals surface area contributed by atoms with Gasteiger partial charge in [-0.25, -0.2) is 0 Å². The van der Waals surface area contributed by atoms with Crippen molar-refractivity contribution in [1.29, 1.82) is 5.26 Å². The van der Waals surface area contributed by atoms with Gasteiger partial charge >= 0.3 is 0 Å². The van der Waals surface area contributed by atoms with Crippen molar-refractivity contribution in [2.24, 2.45) is 11.1 Å². The van der Waals surface area contributed by atoms with Crippen LogP contribution in [-0.2, 0) is 4.79 Å². The number of anilines is 1. The molecule has 1 aliphatic heterocycles. The standard InChI is InChI=1S/C24H22BrN3O/c1-24(2)12-19-22(20(29)13-24)21(15-8-10-16(25)11-9-15)18(14-26)23(27)28(19)17-6-4-3-5-7-17/h3-11,21H,12-13,27H2,1-2H3/t21-/m0/s1. The first-order valence-corrected chi connectivity index (χ1v) is 10.4. The molecule has 2 aromatic rings. The fourth-order valence-electron chi connectivity index (χ4n) is 4.37. The van der Waals surface area contributed by atoms with Crippen molar-refractivity contribution in [3.05, 3.63) is 87.3 Å². The highest BCUT2D eigenvalue weighted by Gasteiger charge is 2.44. The van der Waals surface area contributed by atoms with Gasteiger partial charge in [-0.2, -0.15) is 5.26 Å². The summed E-state index contributed by atoms with van der Waals surface area (Å²) < 4.78 is 0.948. The van der Waals surface area contributed by atoms with Gasteiger partial charge < -0.3 is 5.73 Å². The second-order valence-corrected chi connectivity index (χ2v) is 9.28. The molecule has 0 aromatic heterocycles. The third-order valence-electron chi connectivity index (χ3n) is 5.60. The van der Waals surface area contributed by atoms with E-state index < -0.39 is 5.92 Å². The van der Waals surface area contributed by atoms with Gasteiger partial charge in [-0.15, -0.1) is 0 Å². The average Bonchev–Trinajstić information content (AvgIpc) is 2.67. The first-order chi connectivity index (χ1) is 13.8. The molecule has 2 N–H and O–H groups in total. The molecule has 0 radical (unpaired) electrons. The lowest BCUT2D eigenvalue weighted by atomic mass is 9.68. The maximum absolute atomic E-state index is 13.4. The Bertz CT molecular complexity index is 1080. The second kappa shape index (κ2) is 7.20. The van der Waals surface area contributed by atoms with Crippen LogP contribution in [0.3, 0.4) is 0 Å². The zero-order valence-electron chi connectivity index (χ0n) is 16.4. The van der Waals surface area contributed by atoms with Gasteiger partial charge in [0, 0.05) is 27.9 Å². The van der Waals surface area contributed by atoms with E-state index in [4.69, 9.17) is 5.73 Å². The predicted molar refractivity (Wildman–Crippen MR) is 118 cm³/mol. The highest BCUT2D eigenvalue weighted by molar-refractivity contribution is 9.10. The van der Waals surface area contributed by atoms with E-state index in [0.29, 0.717) is 23.4 Å². The molecule has 1 atom stereocenters. The largest absolute Gasteiger partial charge is 0.384 e. The summed E-state index contributed by atoms with van der Waals surface area (Å²) in [5.74, 6) is 0.0490. The zero-order valence-corrected chi connectivity index (χ0v) is 18.0. The second-order valence-electron chi connectivity index (χ2n) is 8.37. The number of allylic oxidation sites excluding steroid dienone is 3. The summed E-state index contributed by atoms with van der Waals surface area (Å²) in [6, 6.07) is 19.8. The van der Waals surface area contributed by atoms with Crippen LogP contribution in [0.1, 0.15) is 38.2 Å². The highest BCUT2D eigenvalue weighted by Crippen LogP contribution is 2.50. The molecule has 1 heterocycles. The van der Waals surface area contributed by atoms with Crippen LogP contribution in [0, 0.1) is 16.7 Å². The number of ketones is 1. The normalized spacial score (nSPS) is 21.1. The van der Waals surface area contributed by atoms with Crippen LogP contribution in [0.4, 0.5) is 5.69 Å². The first kappa shape index (κ1) is 19.5. The SMILES string of the molecule is CC1(C)CC(=O)C2=C(C1)N(c1ccccc1)C(N)=C(C#N)[C@@H]2c1ccc(Br)cc1. The fourth-order valence-corrected chi connectivity index (χ4v) is 4.63. The summed E-state index contributed by atoms with van der Waals surface area (Å²) in [7, 11) is 0. The Labute approximate surface area is 179 Å². The van der Waals surface area contributed by atoms with Crippen LogP contribution in [-0.4, -0.2) is 5.78 Å². The van der Waals surface area contributed by atoms with Gasteiger partial charge in [0.05, 0.1) is 17.6 Å². The number of nitrogens with two attached hydrogens (primary N) is 1.